The lowest BCUT2D eigenvalue weighted by Gasteiger charge is -2.01. The molecule has 0 aliphatic heterocycles. The Kier molecular flexibility index (Phi) is 2.72. The minimum atomic E-state index is 0.540. The van der Waals surface area contributed by atoms with E-state index >= 15 is 0 Å². The predicted octanol–water partition coefficient (Wildman–Crippen LogP) is 1.67. The number of nitrogens with zero attached hydrogens (tertiary/aromatic N) is 1. The molecule has 1 aromatic heterocycles. The van der Waals surface area contributed by atoms with E-state index in [9.17, 15) is 0 Å². The van der Waals surface area contributed by atoms with E-state index in [0.29, 0.717) is 6.61 Å². The van der Waals surface area contributed by atoms with Crippen molar-refractivity contribution in [2.24, 2.45) is 5.90 Å². The van der Waals surface area contributed by atoms with Crippen LogP contribution in [-0.4, -0.2) is 11.6 Å². The zero-order valence-electron chi connectivity index (χ0n) is 7.81. The van der Waals surface area contributed by atoms with Crippen LogP contribution in [0.4, 0.5) is 0 Å². The van der Waals surface area contributed by atoms with Gasteiger partial charge in [-0.05, 0) is 24.1 Å². The van der Waals surface area contributed by atoms with Gasteiger partial charge in [-0.1, -0.05) is 18.2 Å². The van der Waals surface area contributed by atoms with E-state index in [-0.39, 0.29) is 0 Å². The van der Waals surface area contributed by atoms with Gasteiger partial charge in [0.1, 0.15) is 0 Å². The van der Waals surface area contributed by atoms with Gasteiger partial charge in [0.05, 0.1) is 12.1 Å². The zero-order chi connectivity index (χ0) is 9.80. The van der Waals surface area contributed by atoms with E-state index in [4.69, 9.17) is 5.90 Å². The van der Waals surface area contributed by atoms with Gasteiger partial charge in [-0.25, -0.2) is 5.90 Å². The molecule has 2 N–H and O–H groups in total. The predicted molar refractivity (Wildman–Crippen MR) is 55.6 cm³/mol. The molecule has 0 bridgehead atoms. The number of fused-ring (bicyclic) bond motifs is 1. The van der Waals surface area contributed by atoms with Crippen molar-refractivity contribution < 1.29 is 4.84 Å². The summed E-state index contributed by atoms with van der Waals surface area (Å²) in [6.07, 6.45) is 2.62. The molecule has 3 nitrogen and oxygen atoms in total. The lowest BCUT2D eigenvalue weighted by molar-refractivity contribution is 0.141. The van der Waals surface area contributed by atoms with Crippen LogP contribution in [0.5, 0.6) is 0 Å². The molecule has 0 radical (unpaired) electrons. The van der Waals surface area contributed by atoms with Crippen LogP contribution in [0.2, 0.25) is 0 Å². The molecule has 1 heterocycles. The lowest BCUT2D eigenvalue weighted by Crippen LogP contribution is -2.03. The Bertz CT molecular complexity index is 428. The molecule has 0 saturated carbocycles. The normalized spacial score (nSPS) is 10.6. The molecular weight excluding hydrogens is 176 g/mol. The minimum absolute atomic E-state index is 0.540. The summed E-state index contributed by atoms with van der Waals surface area (Å²) in [5.74, 6) is 4.97. The topological polar surface area (TPSA) is 48.1 Å². The van der Waals surface area contributed by atoms with E-state index in [0.717, 1.165) is 17.3 Å². The first-order valence-electron chi connectivity index (χ1n) is 4.55. The Morgan fingerprint density at radius 3 is 3.07 bits per heavy atom. The molecule has 0 aliphatic carbocycles. The van der Waals surface area contributed by atoms with Crippen LogP contribution >= 0.6 is 0 Å². The molecule has 0 amide bonds. The maximum Gasteiger partial charge on any atom is 0.0719 e. The van der Waals surface area contributed by atoms with Crippen molar-refractivity contribution in [2.45, 2.75) is 6.42 Å². The van der Waals surface area contributed by atoms with E-state index in [1.807, 2.05) is 12.1 Å². The van der Waals surface area contributed by atoms with Crippen LogP contribution in [0.3, 0.4) is 0 Å². The molecule has 14 heavy (non-hydrogen) atoms. The maximum atomic E-state index is 4.97. The van der Waals surface area contributed by atoms with Crippen molar-refractivity contribution in [3.8, 4) is 0 Å². The van der Waals surface area contributed by atoms with E-state index in [1.54, 1.807) is 6.20 Å². The largest absolute Gasteiger partial charge is 0.304 e. The molecule has 0 atom stereocenters. The fourth-order valence-electron chi connectivity index (χ4n) is 1.44. The van der Waals surface area contributed by atoms with Crippen molar-refractivity contribution in [1.29, 1.82) is 0 Å². The Hall–Kier alpha value is -1.45. The van der Waals surface area contributed by atoms with Gasteiger partial charge in [-0.3, -0.25) is 4.98 Å². The van der Waals surface area contributed by atoms with Crippen LogP contribution in [0.25, 0.3) is 10.9 Å². The standard InChI is InChI=1S/C11H12N2O/c12-14-7-5-9-3-4-10-2-1-6-13-11(10)8-9/h1-4,6,8H,5,7,12H2. The Balaban J connectivity index is 2.32. The van der Waals surface area contributed by atoms with Gasteiger partial charge in [0, 0.05) is 11.6 Å². The van der Waals surface area contributed by atoms with Crippen molar-refractivity contribution in [3.63, 3.8) is 0 Å². The highest BCUT2D eigenvalue weighted by atomic mass is 16.6. The van der Waals surface area contributed by atoms with Crippen LogP contribution in [0.15, 0.2) is 36.5 Å². The van der Waals surface area contributed by atoms with Crippen LogP contribution in [0, 0.1) is 0 Å². The number of aromatic nitrogens is 1. The summed E-state index contributed by atoms with van der Waals surface area (Å²) < 4.78 is 0. The van der Waals surface area contributed by atoms with Crippen molar-refractivity contribution >= 4 is 10.9 Å². The van der Waals surface area contributed by atoms with Gasteiger partial charge in [0.15, 0.2) is 0 Å². The lowest BCUT2D eigenvalue weighted by atomic mass is 10.1. The molecule has 3 heteroatoms. The third-order valence-electron chi connectivity index (χ3n) is 2.18. The summed E-state index contributed by atoms with van der Waals surface area (Å²) in [6, 6.07) is 10.2. The first kappa shape index (κ1) is 9.12. The average molecular weight is 188 g/mol. The molecule has 0 saturated heterocycles. The van der Waals surface area contributed by atoms with Crippen LogP contribution in [-0.2, 0) is 11.3 Å². The first-order chi connectivity index (χ1) is 6.90. The first-order valence-corrected chi connectivity index (χ1v) is 4.55. The SMILES string of the molecule is NOCCc1ccc2cccnc2c1. The summed E-state index contributed by atoms with van der Waals surface area (Å²) in [5.41, 5.74) is 2.21. The minimum Gasteiger partial charge on any atom is -0.304 e. The van der Waals surface area contributed by atoms with Crippen molar-refractivity contribution in [2.75, 3.05) is 6.61 Å². The quantitative estimate of drug-likeness (QED) is 0.745. The fourth-order valence-corrected chi connectivity index (χ4v) is 1.44. The second-order valence-corrected chi connectivity index (χ2v) is 3.15. The van der Waals surface area contributed by atoms with Gasteiger partial charge >= 0.3 is 0 Å². The Morgan fingerprint density at radius 1 is 1.29 bits per heavy atom. The van der Waals surface area contributed by atoms with Crippen LogP contribution < -0.4 is 5.90 Å². The highest BCUT2D eigenvalue weighted by molar-refractivity contribution is 5.78. The summed E-state index contributed by atoms with van der Waals surface area (Å²) in [4.78, 5) is 8.82. The third kappa shape index (κ3) is 1.89. The van der Waals surface area contributed by atoms with Crippen LogP contribution in [0.1, 0.15) is 5.56 Å². The van der Waals surface area contributed by atoms with Gasteiger partial charge in [0.25, 0.3) is 0 Å². The van der Waals surface area contributed by atoms with Gasteiger partial charge in [-0.2, -0.15) is 0 Å². The monoisotopic (exact) mass is 188 g/mol. The third-order valence-corrected chi connectivity index (χ3v) is 2.18. The summed E-state index contributed by atoms with van der Waals surface area (Å²) in [5, 5.41) is 1.16. The van der Waals surface area contributed by atoms with Gasteiger partial charge in [0.2, 0.25) is 0 Å². The second kappa shape index (κ2) is 4.17. The highest BCUT2D eigenvalue weighted by Gasteiger charge is 1.96. The van der Waals surface area contributed by atoms with E-state index in [1.165, 1.54) is 5.56 Å². The zero-order valence-corrected chi connectivity index (χ0v) is 7.81. The highest BCUT2D eigenvalue weighted by Crippen LogP contribution is 2.13. The molecule has 72 valence electrons. The summed E-state index contributed by atoms with van der Waals surface area (Å²) >= 11 is 0. The van der Waals surface area contributed by atoms with E-state index < -0.39 is 0 Å². The average Bonchev–Trinajstić information content (AvgIpc) is 2.26. The molecule has 0 aliphatic rings. The Morgan fingerprint density at radius 2 is 2.21 bits per heavy atom. The number of rotatable bonds is 3. The molecular formula is C11H12N2O. The number of hydrogen-bond acceptors (Lipinski definition) is 3. The molecule has 0 fully saturated rings. The smallest absolute Gasteiger partial charge is 0.0719 e. The molecule has 0 spiro atoms. The Labute approximate surface area is 82.5 Å². The molecule has 2 rings (SSSR count). The number of pyridine rings is 1. The second-order valence-electron chi connectivity index (χ2n) is 3.15. The van der Waals surface area contributed by atoms with Gasteiger partial charge in [-0.15, -0.1) is 0 Å². The number of hydrogen-bond donors (Lipinski definition) is 1. The number of nitrogens with two attached hydrogens (primary N) is 1. The molecule has 2 aromatic rings. The summed E-state index contributed by atoms with van der Waals surface area (Å²) in [7, 11) is 0. The van der Waals surface area contributed by atoms with E-state index in [2.05, 4.69) is 28.0 Å². The fraction of sp³-hybridized carbons (Fsp3) is 0.182. The maximum absolute atomic E-state index is 4.97. The van der Waals surface area contributed by atoms with Gasteiger partial charge < -0.3 is 4.84 Å². The van der Waals surface area contributed by atoms with Crippen molar-refractivity contribution in [1.82, 2.24) is 4.98 Å². The molecule has 1 aromatic carbocycles. The van der Waals surface area contributed by atoms with Crippen molar-refractivity contribution in [3.05, 3.63) is 42.1 Å². The molecule has 0 unspecified atom stereocenters. The summed E-state index contributed by atoms with van der Waals surface area (Å²) in [6.45, 7) is 0.540. The number of benzene rings is 1.